The van der Waals surface area contributed by atoms with Crippen LogP contribution in [0, 0.1) is 0 Å². The molecule has 0 saturated heterocycles. The maximum absolute atomic E-state index is 11.6. The van der Waals surface area contributed by atoms with E-state index in [1.54, 1.807) is 0 Å². The van der Waals surface area contributed by atoms with Crippen LogP contribution >= 0.6 is 11.8 Å². The number of nitrogens with zero attached hydrogens (tertiary/aromatic N) is 2. The molecule has 102 valence electrons. The van der Waals surface area contributed by atoms with Crippen LogP contribution < -0.4 is 5.32 Å². The molecular weight excluding hydrogens is 248 g/mol. The van der Waals surface area contributed by atoms with Gasteiger partial charge >= 0.3 is 0 Å². The van der Waals surface area contributed by atoms with Crippen LogP contribution in [0.2, 0.25) is 0 Å². The van der Waals surface area contributed by atoms with Gasteiger partial charge in [-0.05, 0) is 20.8 Å². The van der Waals surface area contributed by atoms with Crippen LogP contribution in [0.3, 0.4) is 0 Å². The maximum Gasteiger partial charge on any atom is 0.230 e. The standard InChI is InChI=1S/C12H22N4OS/c1-11(2,3)9-13-10(16-15-9)18-7-8(17)14-12(4,5)6/h7H2,1-6H3,(H,14,17)(H,13,15,16). The van der Waals surface area contributed by atoms with Gasteiger partial charge in [0, 0.05) is 11.0 Å². The van der Waals surface area contributed by atoms with Gasteiger partial charge in [0.25, 0.3) is 0 Å². The van der Waals surface area contributed by atoms with Gasteiger partial charge in [0.1, 0.15) is 5.82 Å². The van der Waals surface area contributed by atoms with Crippen molar-refractivity contribution in [3.8, 4) is 0 Å². The van der Waals surface area contributed by atoms with E-state index in [9.17, 15) is 4.79 Å². The third-order valence-corrected chi connectivity index (χ3v) is 2.87. The molecule has 0 atom stereocenters. The van der Waals surface area contributed by atoms with Crippen LogP contribution in [0.4, 0.5) is 0 Å². The number of thioether (sulfide) groups is 1. The number of aromatic amines is 1. The molecule has 1 aromatic rings. The molecule has 0 unspecified atom stereocenters. The van der Waals surface area contributed by atoms with E-state index in [1.165, 1.54) is 11.8 Å². The molecule has 1 amide bonds. The molecule has 6 heteroatoms. The molecule has 1 heterocycles. The van der Waals surface area contributed by atoms with Crippen molar-refractivity contribution in [2.45, 2.75) is 57.7 Å². The summed E-state index contributed by atoms with van der Waals surface area (Å²) < 4.78 is 0. The zero-order chi connectivity index (χ0) is 14.0. The van der Waals surface area contributed by atoms with E-state index >= 15 is 0 Å². The van der Waals surface area contributed by atoms with Gasteiger partial charge in [0.05, 0.1) is 5.75 Å². The lowest BCUT2D eigenvalue weighted by Crippen LogP contribution is -2.41. The lowest BCUT2D eigenvalue weighted by atomic mass is 9.96. The Hall–Kier alpha value is -1.04. The van der Waals surface area contributed by atoms with Crippen molar-refractivity contribution in [1.29, 1.82) is 0 Å². The van der Waals surface area contributed by atoms with Crippen molar-refractivity contribution in [3.63, 3.8) is 0 Å². The van der Waals surface area contributed by atoms with Crippen LogP contribution in [0.15, 0.2) is 5.16 Å². The second kappa shape index (κ2) is 5.30. The predicted octanol–water partition coefficient (Wildman–Crippen LogP) is 2.11. The van der Waals surface area contributed by atoms with Crippen LogP contribution in [0.5, 0.6) is 0 Å². The van der Waals surface area contributed by atoms with E-state index in [0.717, 1.165) is 5.82 Å². The summed E-state index contributed by atoms with van der Waals surface area (Å²) in [5.74, 6) is 1.16. The summed E-state index contributed by atoms with van der Waals surface area (Å²) in [6.45, 7) is 12.1. The Labute approximate surface area is 113 Å². The molecule has 0 spiro atoms. The monoisotopic (exact) mass is 270 g/mol. The predicted molar refractivity (Wildman–Crippen MR) is 73.7 cm³/mol. The van der Waals surface area contributed by atoms with Gasteiger partial charge in [0.2, 0.25) is 11.1 Å². The Morgan fingerprint density at radius 2 is 1.89 bits per heavy atom. The van der Waals surface area contributed by atoms with Gasteiger partial charge in [-0.15, -0.1) is 5.10 Å². The first-order valence-electron chi connectivity index (χ1n) is 5.94. The third kappa shape index (κ3) is 5.08. The SMILES string of the molecule is CC(C)(C)NC(=O)CSc1n[nH]c(C(C)(C)C)n1. The van der Waals surface area contributed by atoms with Crippen molar-refractivity contribution in [2.24, 2.45) is 0 Å². The number of hydrogen-bond donors (Lipinski definition) is 2. The van der Waals surface area contributed by atoms with Crippen LogP contribution in [0.1, 0.15) is 47.4 Å². The highest BCUT2D eigenvalue weighted by molar-refractivity contribution is 7.99. The number of nitrogens with one attached hydrogen (secondary N) is 2. The largest absolute Gasteiger partial charge is 0.351 e. The fourth-order valence-electron chi connectivity index (χ4n) is 1.23. The average molecular weight is 270 g/mol. The van der Waals surface area contributed by atoms with E-state index in [-0.39, 0.29) is 16.9 Å². The minimum Gasteiger partial charge on any atom is -0.351 e. The third-order valence-electron chi connectivity index (χ3n) is 2.02. The summed E-state index contributed by atoms with van der Waals surface area (Å²) in [7, 11) is 0. The number of rotatable bonds is 3. The number of carbonyl (C=O) groups excluding carboxylic acids is 1. The van der Waals surface area contributed by atoms with Gasteiger partial charge in [-0.2, -0.15) is 0 Å². The number of carbonyl (C=O) groups is 1. The Morgan fingerprint density at radius 3 is 2.33 bits per heavy atom. The first-order valence-corrected chi connectivity index (χ1v) is 6.93. The Bertz CT molecular complexity index is 414. The van der Waals surface area contributed by atoms with E-state index in [1.807, 2.05) is 20.8 Å². The summed E-state index contributed by atoms with van der Waals surface area (Å²) in [6, 6.07) is 0. The van der Waals surface area contributed by atoms with E-state index < -0.39 is 0 Å². The minimum atomic E-state index is -0.201. The Kier molecular flexibility index (Phi) is 4.42. The van der Waals surface area contributed by atoms with E-state index in [2.05, 4.69) is 41.3 Å². The first kappa shape index (κ1) is 15.0. The smallest absolute Gasteiger partial charge is 0.230 e. The number of amides is 1. The molecule has 0 aliphatic carbocycles. The number of aromatic nitrogens is 3. The molecule has 0 bridgehead atoms. The fraction of sp³-hybridized carbons (Fsp3) is 0.750. The quantitative estimate of drug-likeness (QED) is 0.825. The molecule has 2 N–H and O–H groups in total. The van der Waals surface area contributed by atoms with Gasteiger partial charge in [-0.1, -0.05) is 32.5 Å². The molecule has 1 rings (SSSR count). The van der Waals surface area contributed by atoms with Crippen molar-refractivity contribution in [3.05, 3.63) is 5.82 Å². The normalized spacial score (nSPS) is 12.6. The molecule has 0 fully saturated rings. The molecule has 0 radical (unpaired) electrons. The van der Waals surface area contributed by atoms with Crippen molar-refractivity contribution < 1.29 is 4.79 Å². The highest BCUT2D eigenvalue weighted by atomic mass is 32.2. The van der Waals surface area contributed by atoms with Crippen LogP contribution in [-0.4, -0.2) is 32.4 Å². The van der Waals surface area contributed by atoms with Crippen molar-refractivity contribution >= 4 is 17.7 Å². The zero-order valence-electron chi connectivity index (χ0n) is 11.9. The highest BCUT2D eigenvalue weighted by Gasteiger charge is 2.19. The minimum absolute atomic E-state index is 0.00499. The second-order valence-electron chi connectivity index (χ2n) is 6.30. The molecule has 1 aromatic heterocycles. The fourth-order valence-corrected chi connectivity index (χ4v) is 1.83. The molecular formula is C12H22N4OS. The Morgan fingerprint density at radius 1 is 1.28 bits per heavy atom. The van der Waals surface area contributed by atoms with Gasteiger partial charge in [0.15, 0.2) is 0 Å². The molecule has 0 aromatic carbocycles. The van der Waals surface area contributed by atoms with Crippen molar-refractivity contribution in [1.82, 2.24) is 20.5 Å². The zero-order valence-corrected chi connectivity index (χ0v) is 12.7. The average Bonchev–Trinajstić information content (AvgIpc) is 2.59. The van der Waals surface area contributed by atoms with E-state index in [4.69, 9.17) is 0 Å². The van der Waals surface area contributed by atoms with Gasteiger partial charge in [-0.3, -0.25) is 9.89 Å². The summed E-state index contributed by atoms with van der Waals surface area (Å²) in [4.78, 5) is 16.0. The summed E-state index contributed by atoms with van der Waals surface area (Å²) >= 11 is 1.34. The number of H-pyrrole nitrogens is 1. The second-order valence-corrected chi connectivity index (χ2v) is 7.25. The van der Waals surface area contributed by atoms with Gasteiger partial charge < -0.3 is 5.32 Å². The summed E-state index contributed by atoms with van der Waals surface area (Å²) in [5, 5.41) is 10.5. The summed E-state index contributed by atoms with van der Waals surface area (Å²) in [6.07, 6.45) is 0. The lowest BCUT2D eigenvalue weighted by molar-refractivity contribution is -0.119. The van der Waals surface area contributed by atoms with Crippen molar-refractivity contribution in [2.75, 3.05) is 5.75 Å². The summed E-state index contributed by atoms with van der Waals surface area (Å²) in [5.41, 5.74) is -0.257. The molecule has 0 saturated carbocycles. The molecule has 0 aliphatic heterocycles. The van der Waals surface area contributed by atoms with Crippen LogP contribution in [0.25, 0.3) is 0 Å². The molecule has 5 nitrogen and oxygen atoms in total. The highest BCUT2D eigenvalue weighted by Crippen LogP contribution is 2.20. The lowest BCUT2D eigenvalue weighted by Gasteiger charge is -2.19. The maximum atomic E-state index is 11.6. The topological polar surface area (TPSA) is 70.7 Å². The first-order chi connectivity index (χ1) is 8.08. The van der Waals surface area contributed by atoms with Gasteiger partial charge in [-0.25, -0.2) is 4.98 Å². The van der Waals surface area contributed by atoms with Crippen LogP contribution in [-0.2, 0) is 10.2 Å². The molecule has 18 heavy (non-hydrogen) atoms. The number of hydrogen-bond acceptors (Lipinski definition) is 4. The van der Waals surface area contributed by atoms with E-state index in [0.29, 0.717) is 10.9 Å². The molecule has 0 aliphatic rings. The Balaban J connectivity index is 2.50.